The van der Waals surface area contributed by atoms with Crippen LogP contribution in [-0.4, -0.2) is 123 Å². The van der Waals surface area contributed by atoms with Crippen LogP contribution < -0.4 is 16.4 Å². The number of fused-ring (bicyclic) bond motifs is 1. The van der Waals surface area contributed by atoms with Crippen molar-refractivity contribution in [3.05, 3.63) is 37.0 Å². The molecule has 3 rings (SSSR count). The van der Waals surface area contributed by atoms with Crippen molar-refractivity contribution in [2.24, 2.45) is 5.41 Å². The van der Waals surface area contributed by atoms with Crippen molar-refractivity contribution in [1.29, 1.82) is 0 Å². The minimum atomic E-state index is -5.57. The van der Waals surface area contributed by atoms with Gasteiger partial charge in [-0.15, -0.1) is 0 Å². The fourth-order valence-electron chi connectivity index (χ4n) is 5.24. The fraction of sp³-hybridized carbons (Fsp3) is 0.625. The molecular formula is C32H52N7O17P3S. The summed E-state index contributed by atoms with van der Waals surface area (Å²) in [6.45, 7) is 2.62. The van der Waals surface area contributed by atoms with Crippen LogP contribution in [0.15, 0.2) is 37.0 Å². The van der Waals surface area contributed by atoms with E-state index in [1.807, 2.05) is 6.08 Å². The first-order valence-electron chi connectivity index (χ1n) is 18.4. The number of allylic oxidation sites excluding steroid dienone is 4. The number of nitrogens with one attached hydrogen (secondary N) is 2. The zero-order valence-corrected chi connectivity index (χ0v) is 36.4. The van der Waals surface area contributed by atoms with Gasteiger partial charge in [0.25, 0.3) is 0 Å². The predicted molar refractivity (Wildman–Crippen MR) is 214 cm³/mol. The first-order valence-corrected chi connectivity index (χ1v) is 23.9. The number of nitrogens with two attached hydrogens (primary N) is 1. The molecule has 24 nitrogen and oxygen atoms in total. The third-order valence-electron chi connectivity index (χ3n) is 8.38. The van der Waals surface area contributed by atoms with Crippen molar-refractivity contribution in [3.63, 3.8) is 0 Å². The van der Waals surface area contributed by atoms with E-state index in [1.54, 1.807) is 6.08 Å². The second-order valence-electron chi connectivity index (χ2n) is 13.8. The number of rotatable bonds is 26. The zero-order valence-electron chi connectivity index (χ0n) is 32.9. The zero-order chi connectivity index (χ0) is 44.7. The van der Waals surface area contributed by atoms with Gasteiger partial charge in [-0.25, -0.2) is 28.6 Å². The Kier molecular flexibility index (Phi) is 20.1. The maximum Gasteiger partial charge on any atom is 0.481 e. The highest BCUT2D eigenvalue weighted by molar-refractivity contribution is 8.13. The lowest BCUT2D eigenvalue weighted by Crippen LogP contribution is -2.46. The van der Waals surface area contributed by atoms with Crippen molar-refractivity contribution in [2.75, 3.05) is 37.8 Å². The van der Waals surface area contributed by atoms with Crippen LogP contribution in [0.1, 0.15) is 65.5 Å². The average Bonchev–Trinajstić information content (AvgIpc) is 3.72. The molecule has 2 amide bonds. The molecule has 0 spiro atoms. The van der Waals surface area contributed by atoms with E-state index in [1.165, 1.54) is 13.8 Å². The standard InChI is InChI=1S/C32H52N7O17P3S/c1-4-5-6-7-8-9-10-11-12-23(41)60-16-15-34-22(40)13-14-35-30(44)27(43)32(2,3)18-53-59(50,51)56-58(48,49)52-17-21-26(55-57(45,46)47)25(42)31(54-21)39-20-38-24-28(33)36-19-37-29(24)39/h7-8,10-11,19-21,25-27,31,42-43H,4-6,9,12-18H2,1-3H3,(H,34,40)(H,35,44)(H,48,49)(H,50,51)(H2,33,36,37)(H2,45,46,47)/b8-7+,11-10+. The van der Waals surface area contributed by atoms with E-state index in [-0.39, 0.29) is 48.0 Å². The molecule has 0 aliphatic carbocycles. The van der Waals surface area contributed by atoms with Crippen molar-refractivity contribution in [3.8, 4) is 0 Å². The van der Waals surface area contributed by atoms with E-state index in [0.29, 0.717) is 5.75 Å². The molecule has 1 aliphatic rings. The lowest BCUT2D eigenvalue weighted by molar-refractivity contribution is -0.137. The number of carbonyl (C=O) groups is 3. The van der Waals surface area contributed by atoms with E-state index in [0.717, 1.165) is 54.7 Å². The number of amides is 2. The Morgan fingerprint density at radius 2 is 1.73 bits per heavy atom. The molecule has 7 unspecified atom stereocenters. The van der Waals surface area contributed by atoms with Gasteiger partial charge >= 0.3 is 23.5 Å². The van der Waals surface area contributed by atoms with Crippen molar-refractivity contribution in [2.45, 2.75) is 89.9 Å². The Morgan fingerprint density at radius 3 is 2.43 bits per heavy atom. The van der Waals surface area contributed by atoms with Crippen LogP contribution in [0, 0.1) is 5.41 Å². The fourth-order valence-corrected chi connectivity index (χ4v) is 8.72. The van der Waals surface area contributed by atoms with Gasteiger partial charge in [-0.1, -0.05) is 69.7 Å². The third-order valence-corrected chi connectivity index (χ3v) is 12.4. The van der Waals surface area contributed by atoms with Crippen LogP contribution in [0.5, 0.6) is 0 Å². The molecule has 2 aromatic heterocycles. The number of unbranched alkanes of at least 4 members (excludes halogenated alkanes) is 2. The van der Waals surface area contributed by atoms with Gasteiger partial charge in [-0.3, -0.25) is 32.5 Å². The summed E-state index contributed by atoms with van der Waals surface area (Å²) in [5, 5.41) is 26.4. The number of thioether (sulfide) groups is 1. The molecule has 0 bridgehead atoms. The van der Waals surface area contributed by atoms with Crippen LogP contribution in [0.2, 0.25) is 0 Å². The molecule has 0 radical (unpaired) electrons. The Morgan fingerprint density at radius 1 is 1.03 bits per heavy atom. The van der Waals surface area contributed by atoms with Gasteiger partial charge in [0, 0.05) is 37.1 Å². The minimum absolute atomic E-state index is 0.0305. The molecule has 1 aliphatic heterocycles. The topological polar surface area (TPSA) is 364 Å². The maximum absolute atomic E-state index is 12.7. The van der Waals surface area contributed by atoms with Gasteiger partial charge in [-0.05, 0) is 12.8 Å². The predicted octanol–water partition coefficient (Wildman–Crippen LogP) is 1.75. The SMILES string of the molecule is CCCC/C=C/C/C=C/CC(=O)SCCNC(=O)CCNC(=O)C(O)C(C)(C)COP(=O)(O)OP(=O)(O)OCC1OC(n2cnc3c(N)ncnc32)C(O)C1OP(=O)(O)O. The Bertz CT molecular complexity index is 1960. The summed E-state index contributed by atoms with van der Waals surface area (Å²) < 4.78 is 62.2. The molecule has 7 atom stereocenters. The second kappa shape index (κ2) is 23.5. The molecule has 0 aromatic carbocycles. The molecule has 1 fully saturated rings. The number of aliphatic hydroxyl groups is 2. The number of hydrogen-bond acceptors (Lipinski definition) is 18. The van der Waals surface area contributed by atoms with E-state index < -0.39 is 84.6 Å². The van der Waals surface area contributed by atoms with Gasteiger partial charge in [0.2, 0.25) is 11.8 Å². The molecule has 338 valence electrons. The number of phosphoric acid groups is 3. The lowest BCUT2D eigenvalue weighted by Gasteiger charge is -2.30. The van der Waals surface area contributed by atoms with Gasteiger partial charge in [-0.2, -0.15) is 4.31 Å². The number of carbonyl (C=O) groups excluding carboxylic acids is 3. The summed E-state index contributed by atoms with van der Waals surface area (Å²) in [5.74, 6) is -1.11. The third kappa shape index (κ3) is 17.1. The molecule has 3 heterocycles. The van der Waals surface area contributed by atoms with Crippen LogP contribution in [-0.2, 0) is 50.7 Å². The highest BCUT2D eigenvalue weighted by Gasteiger charge is 2.50. The monoisotopic (exact) mass is 931 g/mol. The van der Waals surface area contributed by atoms with Gasteiger partial charge in [0.1, 0.15) is 36.3 Å². The molecule has 28 heteroatoms. The second-order valence-corrected chi connectivity index (χ2v) is 19.2. The molecule has 1 saturated heterocycles. The number of aliphatic hydroxyl groups excluding tert-OH is 2. The van der Waals surface area contributed by atoms with Crippen LogP contribution in [0.3, 0.4) is 0 Å². The van der Waals surface area contributed by atoms with Gasteiger partial charge < -0.3 is 50.9 Å². The number of hydrogen-bond donors (Lipinski definition) is 9. The van der Waals surface area contributed by atoms with Gasteiger partial charge in [0.05, 0.1) is 19.5 Å². The Balaban J connectivity index is 1.42. The molecule has 10 N–H and O–H groups in total. The number of nitrogens with zero attached hydrogens (tertiary/aromatic N) is 4. The summed E-state index contributed by atoms with van der Waals surface area (Å²) >= 11 is 1.08. The van der Waals surface area contributed by atoms with E-state index in [2.05, 4.69) is 53.5 Å². The normalized spacial score (nSPS) is 21.3. The van der Waals surface area contributed by atoms with Crippen LogP contribution in [0.25, 0.3) is 11.2 Å². The maximum atomic E-state index is 12.7. The molecular weight excluding hydrogens is 879 g/mol. The Hall–Kier alpha value is -2.96. The number of imidazole rings is 1. The molecule has 0 saturated carbocycles. The smallest absolute Gasteiger partial charge is 0.386 e. The van der Waals surface area contributed by atoms with Gasteiger partial charge in [0.15, 0.2) is 22.8 Å². The first kappa shape index (κ1) is 51.4. The molecule has 60 heavy (non-hydrogen) atoms. The summed E-state index contributed by atoms with van der Waals surface area (Å²) in [6, 6.07) is 0. The summed E-state index contributed by atoms with van der Waals surface area (Å²) in [7, 11) is -16.4. The van der Waals surface area contributed by atoms with Crippen molar-refractivity contribution < 1.29 is 80.5 Å². The number of phosphoric ester groups is 3. The summed E-state index contributed by atoms with van der Waals surface area (Å²) in [5.41, 5.74) is 4.27. The van der Waals surface area contributed by atoms with Crippen LogP contribution in [0.4, 0.5) is 5.82 Å². The molecule has 2 aromatic rings. The van der Waals surface area contributed by atoms with E-state index >= 15 is 0 Å². The average molecular weight is 932 g/mol. The first-order chi connectivity index (χ1) is 28.1. The van der Waals surface area contributed by atoms with Crippen LogP contribution >= 0.6 is 35.2 Å². The number of anilines is 1. The largest absolute Gasteiger partial charge is 0.481 e. The Labute approximate surface area is 349 Å². The van der Waals surface area contributed by atoms with Crippen molar-refractivity contribution in [1.82, 2.24) is 30.2 Å². The lowest BCUT2D eigenvalue weighted by atomic mass is 9.87. The minimum Gasteiger partial charge on any atom is -0.386 e. The highest BCUT2D eigenvalue weighted by atomic mass is 32.2. The number of aromatic nitrogens is 4. The summed E-state index contributed by atoms with van der Waals surface area (Å²) in [4.78, 5) is 87.8. The summed E-state index contributed by atoms with van der Waals surface area (Å²) in [6.07, 6.45) is 5.29. The van der Waals surface area contributed by atoms with E-state index in [4.69, 9.17) is 19.5 Å². The van der Waals surface area contributed by atoms with Crippen molar-refractivity contribution >= 4 is 69.1 Å². The quantitative estimate of drug-likeness (QED) is 0.0368. The number of ether oxygens (including phenoxy) is 1. The highest BCUT2D eigenvalue weighted by Crippen LogP contribution is 2.61. The van der Waals surface area contributed by atoms with E-state index in [9.17, 15) is 57.9 Å². The number of nitrogen functional groups attached to an aromatic ring is 1.